The monoisotopic (exact) mass is 485 g/mol. The fourth-order valence-electron chi connectivity index (χ4n) is 4.13. The number of fused-ring (bicyclic) bond motifs is 1. The number of aromatic nitrogens is 3. The van der Waals surface area contributed by atoms with Gasteiger partial charge in [-0.05, 0) is 36.5 Å². The SMILES string of the molecule is O=C(NC(Cc1c[nH]c2ccccc12)C(=O)N[C@@H](CCCc1ccccc1)B(O)O)c1cnccn1. The van der Waals surface area contributed by atoms with Crippen molar-refractivity contribution in [1.29, 1.82) is 0 Å². The minimum Gasteiger partial charge on any atom is -0.426 e. The molecular weight excluding hydrogens is 457 g/mol. The van der Waals surface area contributed by atoms with Crippen LogP contribution in [-0.4, -0.2) is 55.9 Å². The molecular formula is C26H28BN5O4. The van der Waals surface area contributed by atoms with E-state index in [4.69, 9.17) is 0 Å². The average molecular weight is 485 g/mol. The summed E-state index contributed by atoms with van der Waals surface area (Å²) < 4.78 is 0. The summed E-state index contributed by atoms with van der Waals surface area (Å²) in [5, 5.41) is 26.2. The van der Waals surface area contributed by atoms with Crippen LogP contribution in [0, 0.1) is 0 Å². The minimum absolute atomic E-state index is 0.0795. The second kappa shape index (κ2) is 12.1. The number of hydrogen-bond donors (Lipinski definition) is 5. The van der Waals surface area contributed by atoms with Gasteiger partial charge in [0.25, 0.3) is 5.91 Å². The lowest BCUT2D eigenvalue weighted by Crippen LogP contribution is -2.54. The first kappa shape index (κ1) is 25.1. The lowest BCUT2D eigenvalue weighted by atomic mass is 9.76. The van der Waals surface area contributed by atoms with Crippen molar-refractivity contribution in [1.82, 2.24) is 25.6 Å². The standard InChI is InChI=1S/C26H28BN5O4/c33-25(32-24(27(35)36)12-6-9-18-7-2-1-3-8-18)22(31-26(34)23-17-28-13-14-29-23)15-19-16-30-21-11-5-4-10-20(19)21/h1-5,7-8,10-11,13-14,16-17,22,24,30,35-36H,6,9,12,15H2,(H,31,34)(H,32,33)/t22?,24-/m0/s1. The van der Waals surface area contributed by atoms with Crippen LogP contribution in [0.25, 0.3) is 10.9 Å². The number of carbonyl (C=O) groups is 2. The van der Waals surface area contributed by atoms with Crippen LogP contribution >= 0.6 is 0 Å². The molecule has 2 amide bonds. The normalized spacial score (nSPS) is 12.6. The zero-order valence-corrected chi connectivity index (χ0v) is 19.7. The topological polar surface area (TPSA) is 140 Å². The molecule has 184 valence electrons. The van der Waals surface area contributed by atoms with E-state index in [2.05, 4.69) is 25.6 Å². The molecule has 2 aromatic heterocycles. The molecule has 2 atom stereocenters. The molecule has 2 aromatic carbocycles. The predicted octanol–water partition coefficient (Wildman–Crippen LogP) is 1.82. The van der Waals surface area contributed by atoms with Gasteiger partial charge >= 0.3 is 7.12 Å². The third-order valence-electron chi connectivity index (χ3n) is 6.03. The first-order valence-electron chi connectivity index (χ1n) is 11.8. The maximum Gasteiger partial charge on any atom is 0.475 e. The van der Waals surface area contributed by atoms with Crippen LogP contribution in [0.1, 0.15) is 34.5 Å². The Hall–Kier alpha value is -4.02. The zero-order valence-electron chi connectivity index (χ0n) is 19.7. The van der Waals surface area contributed by atoms with Gasteiger partial charge < -0.3 is 25.7 Å². The number of aromatic amines is 1. The van der Waals surface area contributed by atoms with E-state index in [0.717, 1.165) is 28.5 Å². The molecule has 0 bridgehead atoms. The molecule has 2 heterocycles. The van der Waals surface area contributed by atoms with Gasteiger partial charge in [0, 0.05) is 35.9 Å². The number of amides is 2. The van der Waals surface area contributed by atoms with Crippen LogP contribution in [0.5, 0.6) is 0 Å². The van der Waals surface area contributed by atoms with Crippen molar-refractivity contribution in [3.8, 4) is 0 Å². The minimum atomic E-state index is -1.74. The predicted molar refractivity (Wildman–Crippen MR) is 137 cm³/mol. The zero-order chi connectivity index (χ0) is 25.3. The largest absolute Gasteiger partial charge is 0.475 e. The van der Waals surface area contributed by atoms with Gasteiger partial charge in [0.05, 0.1) is 12.1 Å². The van der Waals surface area contributed by atoms with Crippen molar-refractivity contribution in [3.05, 3.63) is 96.2 Å². The molecule has 0 saturated carbocycles. The van der Waals surface area contributed by atoms with Crippen LogP contribution in [0.15, 0.2) is 79.4 Å². The highest BCUT2D eigenvalue weighted by atomic mass is 16.4. The summed E-state index contributed by atoms with van der Waals surface area (Å²) in [7, 11) is -1.74. The number of benzene rings is 2. The van der Waals surface area contributed by atoms with Crippen molar-refractivity contribution < 1.29 is 19.6 Å². The lowest BCUT2D eigenvalue weighted by molar-refractivity contribution is -0.123. The van der Waals surface area contributed by atoms with Gasteiger partial charge in [-0.2, -0.15) is 0 Å². The van der Waals surface area contributed by atoms with E-state index < -0.39 is 30.9 Å². The molecule has 0 aliphatic carbocycles. The first-order valence-corrected chi connectivity index (χ1v) is 11.8. The van der Waals surface area contributed by atoms with Gasteiger partial charge in [-0.15, -0.1) is 0 Å². The third-order valence-corrected chi connectivity index (χ3v) is 6.03. The number of rotatable bonds is 11. The number of aryl methyl sites for hydroxylation is 1. The van der Waals surface area contributed by atoms with Crippen molar-refractivity contribution in [2.24, 2.45) is 0 Å². The molecule has 36 heavy (non-hydrogen) atoms. The fourth-order valence-corrected chi connectivity index (χ4v) is 4.13. The maximum atomic E-state index is 13.3. The molecule has 9 nitrogen and oxygen atoms in total. The van der Waals surface area contributed by atoms with E-state index in [9.17, 15) is 19.6 Å². The third kappa shape index (κ3) is 6.56. The summed E-state index contributed by atoms with van der Waals surface area (Å²) >= 11 is 0. The molecule has 0 aliphatic heterocycles. The molecule has 0 spiro atoms. The molecule has 4 rings (SSSR count). The molecule has 0 radical (unpaired) electrons. The molecule has 1 unspecified atom stereocenters. The van der Waals surface area contributed by atoms with Crippen molar-refractivity contribution in [3.63, 3.8) is 0 Å². The van der Waals surface area contributed by atoms with Gasteiger partial charge in [-0.3, -0.25) is 14.6 Å². The highest BCUT2D eigenvalue weighted by Crippen LogP contribution is 2.19. The first-order chi connectivity index (χ1) is 17.5. The number of nitrogens with one attached hydrogen (secondary N) is 3. The summed E-state index contributed by atoms with van der Waals surface area (Å²) in [6, 6.07) is 16.5. The highest BCUT2D eigenvalue weighted by Gasteiger charge is 2.30. The van der Waals surface area contributed by atoms with Crippen molar-refractivity contribution in [2.75, 3.05) is 0 Å². The smallest absolute Gasteiger partial charge is 0.426 e. The van der Waals surface area contributed by atoms with E-state index >= 15 is 0 Å². The van der Waals surface area contributed by atoms with E-state index in [1.165, 1.54) is 18.6 Å². The maximum absolute atomic E-state index is 13.3. The quantitative estimate of drug-likeness (QED) is 0.205. The molecule has 4 aromatic rings. The second-order valence-corrected chi connectivity index (χ2v) is 8.59. The number of hydrogen-bond acceptors (Lipinski definition) is 6. The Morgan fingerprint density at radius 3 is 2.53 bits per heavy atom. The molecule has 10 heteroatoms. The van der Waals surface area contributed by atoms with Gasteiger partial charge in [-0.1, -0.05) is 48.5 Å². The van der Waals surface area contributed by atoms with Gasteiger partial charge in [0.15, 0.2) is 0 Å². The molecule has 0 saturated heterocycles. The Morgan fingerprint density at radius 2 is 1.78 bits per heavy atom. The van der Waals surface area contributed by atoms with Crippen molar-refractivity contribution in [2.45, 2.75) is 37.7 Å². The summed E-state index contributed by atoms with van der Waals surface area (Å²) in [5.41, 5.74) is 2.96. The highest BCUT2D eigenvalue weighted by molar-refractivity contribution is 6.43. The van der Waals surface area contributed by atoms with Crippen LogP contribution < -0.4 is 10.6 Å². The lowest BCUT2D eigenvalue weighted by Gasteiger charge is -2.23. The molecule has 5 N–H and O–H groups in total. The van der Waals surface area contributed by atoms with Gasteiger partial charge in [0.1, 0.15) is 11.7 Å². The van der Waals surface area contributed by atoms with E-state index in [-0.39, 0.29) is 12.1 Å². The van der Waals surface area contributed by atoms with E-state index in [0.29, 0.717) is 12.8 Å². The number of para-hydroxylation sites is 1. The Balaban J connectivity index is 1.48. The number of H-pyrrole nitrogens is 1. The number of nitrogens with zero attached hydrogens (tertiary/aromatic N) is 2. The van der Waals surface area contributed by atoms with Gasteiger partial charge in [-0.25, -0.2) is 4.98 Å². The van der Waals surface area contributed by atoms with E-state index in [1.54, 1.807) is 6.20 Å². The Kier molecular flexibility index (Phi) is 8.43. The summed E-state index contributed by atoms with van der Waals surface area (Å²) in [6.45, 7) is 0. The average Bonchev–Trinajstić information content (AvgIpc) is 3.31. The summed E-state index contributed by atoms with van der Waals surface area (Å²) in [6.07, 6.45) is 7.91. The van der Waals surface area contributed by atoms with Crippen LogP contribution in [0.4, 0.5) is 0 Å². The summed E-state index contributed by atoms with van der Waals surface area (Å²) in [4.78, 5) is 37.2. The van der Waals surface area contributed by atoms with Gasteiger partial charge in [0.2, 0.25) is 5.91 Å². The Labute approximate surface area is 209 Å². The van der Waals surface area contributed by atoms with Crippen molar-refractivity contribution >= 4 is 29.8 Å². The Morgan fingerprint density at radius 1 is 1.00 bits per heavy atom. The molecule has 0 fully saturated rings. The van der Waals surface area contributed by atoms with Crippen LogP contribution in [0.3, 0.4) is 0 Å². The second-order valence-electron chi connectivity index (χ2n) is 8.59. The number of carbonyl (C=O) groups excluding carboxylic acids is 2. The van der Waals surface area contributed by atoms with E-state index in [1.807, 2.05) is 54.6 Å². The van der Waals surface area contributed by atoms with Crippen LogP contribution in [-0.2, 0) is 17.6 Å². The Bertz CT molecular complexity index is 1280. The summed E-state index contributed by atoms with van der Waals surface area (Å²) in [5.74, 6) is -1.95. The van der Waals surface area contributed by atoms with Crippen LogP contribution in [0.2, 0.25) is 0 Å². The fraction of sp³-hybridized carbons (Fsp3) is 0.231. The molecule has 0 aliphatic rings.